The fourth-order valence-electron chi connectivity index (χ4n) is 2.34. The zero-order chi connectivity index (χ0) is 19.0. The molecule has 0 fully saturated rings. The first-order valence-electron chi connectivity index (χ1n) is 8.23. The van der Waals surface area contributed by atoms with Crippen molar-refractivity contribution in [3.63, 3.8) is 0 Å². The van der Waals surface area contributed by atoms with Crippen LogP contribution in [0.25, 0.3) is 0 Å². The number of rotatable bonds is 8. The van der Waals surface area contributed by atoms with Crippen molar-refractivity contribution >= 4 is 51.3 Å². The lowest BCUT2D eigenvalue weighted by Gasteiger charge is -2.21. The summed E-state index contributed by atoms with van der Waals surface area (Å²) in [7, 11) is 0.207. The summed E-state index contributed by atoms with van der Waals surface area (Å²) >= 11 is 1.60. The number of hydrogen-bond donors (Lipinski definition) is 2. The first-order valence-corrected chi connectivity index (χ1v) is 10.8. The Kier molecular flexibility index (Phi) is 10.2. The molecular weight excluding hydrogens is 497 g/mol. The van der Waals surface area contributed by atoms with Crippen LogP contribution in [0.1, 0.15) is 16.3 Å². The summed E-state index contributed by atoms with van der Waals surface area (Å²) in [5.74, 6) is 0.608. The highest BCUT2D eigenvalue weighted by atomic mass is 127. The molecule has 1 aromatic heterocycles. The van der Waals surface area contributed by atoms with Crippen LogP contribution in [0.5, 0.6) is 0 Å². The Bertz CT molecular complexity index is 825. The zero-order valence-corrected chi connectivity index (χ0v) is 19.6. The van der Waals surface area contributed by atoms with E-state index in [-0.39, 0.29) is 36.3 Å². The van der Waals surface area contributed by atoms with E-state index in [1.807, 2.05) is 54.6 Å². The molecule has 27 heavy (non-hydrogen) atoms. The molecule has 150 valence electrons. The Labute approximate surface area is 182 Å². The lowest BCUT2D eigenvalue weighted by Crippen LogP contribution is -2.41. The summed E-state index contributed by atoms with van der Waals surface area (Å²) < 4.78 is 26.9. The molecule has 2 aromatic rings. The van der Waals surface area contributed by atoms with Gasteiger partial charge in [-0.2, -0.15) is 0 Å². The van der Waals surface area contributed by atoms with Crippen molar-refractivity contribution in [1.29, 1.82) is 0 Å². The van der Waals surface area contributed by atoms with Gasteiger partial charge in [-0.05, 0) is 12.5 Å². The van der Waals surface area contributed by atoms with Crippen molar-refractivity contribution in [1.82, 2.24) is 19.9 Å². The van der Waals surface area contributed by atoms with Gasteiger partial charge in [-0.25, -0.2) is 18.1 Å². The monoisotopic (exact) mass is 523 g/mol. The van der Waals surface area contributed by atoms with Crippen molar-refractivity contribution in [2.45, 2.75) is 20.0 Å². The molecule has 0 unspecified atom stereocenters. The van der Waals surface area contributed by atoms with E-state index in [0.717, 1.165) is 16.3 Å². The second-order valence-electron chi connectivity index (χ2n) is 5.81. The number of guanidine groups is 1. The first kappa shape index (κ1) is 23.8. The number of benzene rings is 1. The summed E-state index contributed by atoms with van der Waals surface area (Å²) in [6, 6.07) is 9.44. The van der Waals surface area contributed by atoms with Gasteiger partial charge in [0.2, 0.25) is 10.0 Å². The highest BCUT2D eigenvalue weighted by molar-refractivity contribution is 14.0. The quantitative estimate of drug-likeness (QED) is 0.315. The largest absolute Gasteiger partial charge is 0.355 e. The van der Waals surface area contributed by atoms with Gasteiger partial charge in [-0.1, -0.05) is 30.3 Å². The lowest BCUT2D eigenvalue weighted by molar-refractivity contribution is 0.472. The van der Waals surface area contributed by atoms with Crippen LogP contribution in [0.4, 0.5) is 0 Å². The molecule has 1 aromatic carbocycles. The fraction of sp³-hybridized carbons (Fsp3) is 0.412. The molecule has 0 spiro atoms. The average Bonchev–Trinajstić information content (AvgIpc) is 3.02. The molecule has 0 aliphatic heterocycles. The molecule has 7 nitrogen and oxygen atoms in total. The number of halogens is 1. The van der Waals surface area contributed by atoms with E-state index in [9.17, 15) is 8.42 Å². The molecule has 2 N–H and O–H groups in total. The predicted octanol–water partition coefficient (Wildman–Crippen LogP) is 2.20. The van der Waals surface area contributed by atoms with E-state index in [0.29, 0.717) is 19.0 Å². The standard InChI is InChI=1S/C17H25N5O2S2.HI/c1-14-21-16(13-25-14)12-22(3)17(18-2)19-9-10-26(23,24)20-11-15-7-5-4-6-8-15;/h4-8,13,20H,9-12H2,1-3H3,(H,18,19);1H. The van der Waals surface area contributed by atoms with Gasteiger partial charge < -0.3 is 10.2 Å². The summed E-state index contributed by atoms with van der Waals surface area (Å²) in [6.45, 7) is 3.15. The third-order valence-corrected chi connectivity index (χ3v) is 5.78. The summed E-state index contributed by atoms with van der Waals surface area (Å²) in [5.41, 5.74) is 1.90. The number of nitrogens with one attached hydrogen (secondary N) is 2. The molecule has 1 heterocycles. The van der Waals surface area contributed by atoms with E-state index >= 15 is 0 Å². The number of aryl methyl sites for hydroxylation is 1. The Balaban J connectivity index is 0.00000364. The molecular formula is C17H26IN5O2S2. The minimum absolute atomic E-state index is 0. The Morgan fingerprint density at radius 1 is 1.30 bits per heavy atom. The summed E-state index contributed by atoms with van der Waals surface area (Å²) in [6.07, 6.45) is 0. The van der Waals surface area contributed by atoms with Crippen LogP contribution in [0, 0.1) is 6.92 Å². The molecule has 0 saturated heterocycles. The fourth-order valence-corrected chi connectivity index (χ4v) is 3.85. The third-order valence-electron chi connectivity index (χ3n) is 3.63. The Morgan fingerprint density at radius 2 is 2.00 bits per heavy atom. The van der Waals surface area contributed by atoms with Gasteiger partial charge in [0.25, 0.3) is 0 Å². The van der Waals surface area contributed by atoms with Gasteiger partial charge in [0.15, 0.2) is 5.96 Å². The SMILES string of the molecule is CN=C(NCCS(=O)(=O)NCc1ccccc1)N(C)Cc1csc(C)n1.I. The minimum Gasteiger partial charge on any atom is -0.355 e. The first-order chi connectivity index (χ1) is 12.4. The normalized spacial score (nSPS) is 11.7. The predicted molar refractivity (Wildman–Crippen MR) is 122 cm³/mol. The van der Waals surface area contributed by atoms with Crippen LogP contribution in [0.3, 0.4) is 0 Å². The lowest BCUT2D eigenvalue weighted by atomic mass is 10.2. The maximum Gasteiger partial charge on any atom is 0.213 e. The van der Waals surface area contributed by atoms with Crippen LogP contribution in [-0.4, -0.2) is 50.7 Å². The number of sulfonamides is 1. The minimum atomic E-state index is -3.36. The van der Waals surface area contributed by atoms with Crippen LogP contribution in [-0.2, 0) is 23.1 Å². The van der Waals surface area contributed by atoms with Crippen molar-refractivity contribution in [3.8, 4) is 0 Å². The maximum atomic E-state index is 12.1. The molecule has 2 rings (SSSR count). The molecule has 0 amide bonds. The topological polar surface area (TPSA) is 86.7 Å². The zero-order valence-electron chi connectivity index (χ0n) is 15.7. The van der Waals surface area contributed by atoms with Crippen LogP contribution in [0.15, 0.2) is 40.7 Å². The van der Waals surface area contributed by atoms with Crippen LogP contribution >= 0.6 is 35.3 Å². The molecule has 0 radical (unpaired) electrons. The number of nitrogens with zero attached hydrogens (tertiary/aromatic N) is 3. The van der Waals surface area contributed by atoms with Crippen LogP contribution in [0.2, 0.25) is 0 Å². The second-order valence-corrected chi connectivity index (χ2v) is 8.80. The van der Waals surface area contributed by atoms with E-state index in [1.54, 1.807) is 18.4 Å². The van der Waals surface area contributed by atoms with E-state index < -0.39 is 10.0 Å². The Hall–Kier alpha value is -1.24. The smallest absolute Gasteiger partial charge is 0.213 e. The van der Waals surface area contributed by atoms with Gasteiger partial charge in [0.1, 0.15) is 0 Å². The van der Waals surface area contributed by atoms with Gasteiger partial charge >= 0.3 is 0 Å². The molecule has 0 atom stereocenters. The molecule has 10 heteroatoms. The van der Waals surface area contributed by atoms with E-state index in [4.69, 9.17) is 0 Å². The van der Waals surface area contributed by atoms with Crippen molar-refractivity contribution in [2.24, 2.45) is 4.99 Å². The van der Waals surface area contributed by atoms with E-state index in [2.05, 4.69) is 20.0 Å². The van der Waals surface area contributed by atoms with Crippen molar-refractivity contribution < 1.29 is 8.42 Å². The average molecular weight is 523 g/mol. The number of aliphatic imine (C=N–C) groups is 1. The molecule has 0 saturated carbocycles. The van der Waals surface area contributed by atoms with Crippen molar-refractivity contribution in [3.05, 3.63) is 52.0 Å². The maximum absolute atomic E-state index is 12.1. The third kappa shape index (κ3) is 8.54. The Morgan fingerprint density at radius 3 is 2.59 bits per heavy atom. The number of thiazole rings is 1. The van der Waals surface area contributed by atoms with E-state index in [1.165, 1.54) is 0 Å². The summed E-state index contributed by atoms with van der Waals surface area (Å²) in [4.78, 5) is 10.5. The second kappa shape index (κ2) is 11.6. The van der Waals surface area contributed by atoms with Gasteiger partial charge in [0, 0.05) is 32.6 Å². The molecule has 0 aliphatic carbocycles. The highest BCUT2D eigenvalue weighted by Gasteiger charge is 2.12. The molecule has 0 bridgehead atoms. The van der Waals surface area contributed by atoms with Gasteiger partial charge in [-0.3, -0.25) is 4.99 Å². The van der Waals surface area contributed by atoms with Crippen molar-refractivity contribution in [2.75, 3.05) is 26.4 Å². The van der Waals surface area contributed by atoms with Crippen LogP contribution < -0.4 is 10.0 Å². The highest BCUT2D eigenvalue weighted by Crippen LogP contribution is 2.09. The summed E-state index contributed by atoms with van der Waals surface area (Å²) in [5, 5.41) is 6.11. The van der Waals surface area contributed by atoms with Gasteiger partial charge in [-0.15, -0.1) is 35.3 Å². The van der Waals surface area contributed by atoms with Gasteiger partial charge in [0.05, 0.1) is 23.0 Å². The number of aromatic nitrogens is 1. The number of hydrogen-bond acceptors (Lipinski definition) is 5. The molecule has 0 aliphatic rings.